The number of rotatable bonds is 2. The Bertz CT molecular complexity index is 295. The van der Waals surface area contributed by atoms with E-state index in [9.17, 15) is 0 Å². The van der Waals surface area contributed by atoms with Gasteiger partial charge in [-0.05, 0) is 21.8 Å². The van der Waals surface area contributed by atoms with E-state index in [-0.39, 0.29) is 0 Å². The summed E-state index contributed by atoms with van der Waals surface area (Å²) in [6, 6.07) is 0. The van der Waals surface area contributed by atoms with Crippen molar-refractivity contribution in [3.63, 3.8) is 0 Å². The summed E-state index contributed by atoms with van der Waals surface area (Å²) >= 11 is 3.46. The predicted molar refractivity (Wildman–Crippen MR) is 57.9 cm³/mol. The molecule has 0 amide bonds. The molecule has 0 saturated heterocycles. The van der Waals surface area contributed by atoms with Crippen molar-refractivity contribution in [1.29, 1.82) is 0 Å². The SMILES string of the molecule is CC(C)c1ncc(Br)c(C(C)C)n1. The Morgan fingerprint density at radius 3 is 2.23 bits per heavy atom. The summed E-state index contributed by atoms with van der Waals surface area (Å²) in [5.74, 6) is 1.76. The second kappa shape index (κ2) is 4.18. The second-order valence-electron chi connectivity index (χ2n) is 3.77. The first-order valence-electron chi connectivity index (χ1n) is 4.54. The third kappa shape index (κ3) is 2.50. The fourth-order valence-corrected chi connectivity index (χ4v) is 1.73. The summed E-state index contributed by atoms with van der Waals surface area (Å²) in [5, 5.41) is 0. The highest BCUT2D eigenvalue weighted by atomic mass is 79.9. The average molecular weight is 243 g/mol. The summed E-state index contributed by atoms with van der Waals surface area (Å²) in [6.07, 6.45) is 1.84. The molecule has 2 nitrogen and oxygen atoms in total. The monoisotopic (exact) mass is 242 g/mol. The summed E-state index contributed by atoms with van der Waals surface area (Å²) in [6.45, 7) is 8.48. The van der Waals surface area contributed by atoms with E-state index in [1.807, 2.05) is 6.20 Å². The molecule has 13 heavy (non-hydrogen) atoms. The number of hydrogen-bond donors (Lipinski definition) is 0. The van der Waals surface area contributed by atoms with E-state index in [2.05, 4.69) is 53.6 Å². The molecule has 0 bridgehead atoms. The Hall–Kier alpha value is -0.440. The summed E-state index contributed by atoms with van der Waals surface area (Å²) < 4.78 is 1.01. The van der Waals surface area contributed by atoms with Crippen LogP contribution in [-0.2, 0) is 0 Å². The number of hydrogen-bond acceptors (Lipinski definition) is 2. The highest BCUT2D eigenvalue weighted by Crippen LogP contribution is 2.23. The van der Waals surface area contributed by atoms with Crippen LogP contribution in [0.25, 0.3) is 0 Å². The highest BCUT2D eigenvalue weighted by molar-refractivity contribution is 9.10. The Morgan fingerprint density at radius 2 is 1.77 bits per heavy atom. The zero-order valence-corrected chi connectivity index (χ0v) is 10.1. The molecular formula is C10H15BrN2. The predicted octanol–water partition coefficient (Wildman–Crippen LogP) is 3.49. The molecule has 0 fully saturated rings. The van der Waals surface area contributed by atoms with Crippen LogP contribution in [0.1, 0.15) is 51.0 Å². The average Bonchev–Trinajstić information content (AvgIpc) is 2.04. The summed E-state index contributed by atoms with van der Waals surface area (Å²) in [7, 11) is 0. The molecule has 0 radical (unpaired) electrons. The molecule has 0 N–H and O–H groups in total. The molecule has 1 heterocycles. The molecule has 0 aliphatic rings. The van der Waals surface area contributed by atoms with Gasteiger partial charge in [0, 0.05) is 12.1 Å². The first-order valence-corrected chi connectivity index (χ1v) is 5.34. The summed E-state index contributed by atoms with van der Waals surface area (Å²) in [5.41, 5.74) is 1.10. The minimum Gasteiger partial charge on any atom is -0.240 e. The molecule has 1 aromatic heterocycles. The van der Waals surface area contributed by atoms with Crippen LogP contribution >= 0.6 is 15.9 Å². The normalized spacial score (nSPS) is 11.3. The lowest BCUT2D eigenvalue weighted by atomic mass is 10.1. The van der Waals surface area contributed by atoms with Gasteiger partial charge in [0.15, 0.2) is 0 Å². The van der Waals surface area contributed by atoms with E-state index >= 15 is 0 Å². The van der Waals surface area contributed by atoms with Gasteiger partial charge in [-0.15, -0.1) is 0 Å². The van der Waals surface area contributed by atoms with E-state index in [1.165, 1.54) is 0 Å². The minimum atomic E-state index is 0.394. The van der Waals surface area contributed by atoms with E-state index in [0.29, 0.717) is 11.8 Å². The van der Waals surface area contributed by atoms with E-state index in [0.717, 1.165) is 16.0 Å². The van der Waals surface area contributed by atoms with Gasteiger partial charge >= 0.3 is 0 Å². The van der Waals surface area contributed by atoms with Gasteiger partial charge in [-0.3, -0.25) is 0 Å². The van der Waals surface area contributed by atoms with Gasteiger partial charge in [-0.25, -0.2) is 9.97 Å². The maximum Gasteiger partial charge on any atom is 0.131 e. The Morgan fingerprint density at radius 1 is 1.15 bits per heavy atom. The molecule has 1 aromatic rings. The third-order valence-electron chi connectivity index (χ3n) is 1.85. The Kier molecular flexibility index (Phi) is 3.42. The molecule has 3 heteroatoms. The smallest absolute Gasteiger partial charge is 0.131 e. The quantitative estimate of drug-likeness (QED) is 0.794. The van der Waals surface area contributed by atoms with Gasteiger partial charge in [0.2, 0.25) is 0 Å². The molecule has 0 saturated carbocycles. The van der Waals surface area contributed by atoms with Crippen LogP contribution in [0.3, 0.4) is 0 Å². The first-order chi connectivity index (χ1) is 6.02. The van der Waals surface area contributed by atoms with Crippen molar-refractivity contribution >= 4 is 15.9 Å². The standard InChI is InChI=1S/C10H15BrN2/c1-6(2)9-8(11)5-12-10(13-9)7(3)4/h5-7H,1-4H3. The first kappa shape index (κ1) is 10.6. The topological polar surface area (TPSA) is 25.8 Å². The molecular weight excluding hydrogens is 228 g/mol. The maximum atomic E-state index is 4.51. The van der Waals surface area contributed by atoms with Crippen LogP contribution < -0.4 is 0 Å². The van der Waals surface area contributed by atoms with Crippen molar-refractivity contribution in [3.05, 3.63) is 22.2 Å². The lowest BCUT2D eigenvalue weighted by Crippen LogP contribution is -2.03. The minimum absolute atomic E-state index is 0.394. The van der Waals surface area contributed by atoms with Crippen molar-refractivity contribution < 1.29 is 0 Å². The maximum absolute atomic E-state index is 4.51. The lowest BCUT2D eigenvalue weighted by molar-refractivity contribution is 0.724. The molecule has 1 rings (SSSR count). The summed E-state index contributed by atoms with van der Waals surface area (Å²) in [4.78, 5) is 8.78. The zero-order valence-electron chi connectivity index (χ0n) is 8.50. The van der Waals surface area contributed by atoms with Crippen molar-refractivity contribution in [3.8, 4) is 0 Å². The van der Waals surface area contributed by atoms with Crippen LogP contribution in [0.4, 0.5) is 0 Å². The second-order valence-corrected chi connectivity index (χ2v) is 4.63. The van der Waals surface area contributed by atoms with Crippen molar-refractivity contribution in [1.82, 2.24) is 9.97 Å². The van der Waals surface area contributed by atoms with Gasteiger partial charge in [0.25, 0.3) is 0 Å². The van der Waals surface area contributed by atoms with Gasteiger partial charge in [0.05, 0.1) is 10.2 Å². The van der Waals surface area contributed by atoms with E-state index in [4.69, 9.17) is 0 Å². The molecule has 0 spiro atoms. The van der Waals surface area contributed by atoms with Crippen LogP contribution in [0, 0.1) is 0 Å². The van der Waals surface area contributed by atoms with Crippen LogP contribution in [0.15, 0.2) is 10.7 Å². The van der Waals surface area contributed by atoms with Crippen molar-refractivity contribution in [2.24, 2.45) is 0 Å². The highest BCUT2D eigenvalue weighted by Gasteiger charge is 2.10. The van der Waals surface area contributed by atoms with E-state index in [1.54, 1.807) is 0 Å². The number of nitrogens with zero attached hydrogens (tertiary/aromatic N) is 2. The molecule has 0 atom stereocenters. The van der Waals surface area contributed by atoms with Crippen molar-refractivity contribution in [2.75, 3.05) is 0 Å². The van der Waals surface area contributed by atoms with Crippen LogP contribution in [0.2, 0.25) is 0 Å². The fourth-order valence-electron chi connectivity index (χ4n) is 1.08. The van der Waals surface area contributed by atoms with Gasteiger partial charge < -0.3 is 0 Å². The van der Waals surface area contributed by atoms with Gasteiger partial charge in [-0.1, -0.05) is 27.7 Å². The van der Waals surface area contributed by atoms with Crippen LogP contribution in [-0.4, -0.2) is 9.97 Å². The Balaban J connectivity index is 3.11. The molecule has 0 aromatic carbocycles. The number of aromatic nitrogens is 2. The third-order valence-corrected chi connectivity index (χ3v) is 2.46. The fraction of sp³-hybridized carbons (Fsp3) is 0.600. The van der Waals surface area contributed by atoms with Gasteiger partial charge in [-0.2, -0.15) is 0 Å². The Labute approximate surface area is 87.9 Å². The van der Waals surface area contributed by atoms with Crippen LogP contribution in [0.5, 0.6) is 0 Å². The molecule has 0 aliphatic heterocycles. The largest absolute Gasteiger partial charge is 0.240 e. The van der Waals surface area contributed by atoms with Gasteiger partial charge in [0.1, 0.15) is 5.82 Å². The molecule has 0 unspecified atom stereocenters. The zero-order chi connectivity index (χ0) is 10.0. The molecule has 72 valence electrons. The van der Waals surface area contributed by atoms with E-state index < -0.39 is 0 Å². The van der Waals surface area contributed by atoms with Crippen molar-refractivity contribution in [2.45, 2.75) is 39.5 Å². The molecule has 0 aliphatic carbocycles. The number of halogens is 1. The lowest BCUT2D eigenvalue weighted by Gasteiger charge is -2.10.